The first-order valence-electron chi connectivity index (χ1n) is 11.0. The zero-order valence-corrected chi connectivity index (χ0v) is 24.2. The SMILES string of the molecule is CC[C@H](C(=O)NC(C)C)N(Cc1c(Cl)cccc1Cl)C(=O)CN(c1ccc(Br)c(C)c1)S(C)(=O)=O. The lowest BCUT2D eigenvalue weighted by atomic mass is 10.1. The molecular weight excluding hydrogens is 577 g/mol. The second-order valence-corrected chi connectivity index (χ2v) is 12.1. The normalized spacial score (nSPS) is 12.4. The number of anilines is 1. The Morgan fingerprint density at radius 1 is 1.11 bits per heavy atom. The molecule has 2 amide bonds. The molecule has 1 N–H and O–H groups in total. The number of sulfonamides is 1. The predicted molar refractivity (Wildman–Crippen MR) is 145 cm³/mol. The zero-order valence-electron chi connectivity index (χ0n) is 20.3. The molecule has 0 saturated carbocycles. The molecule has 11 heteroatoms. The highest BCUT2D eigenvalue weighted by Gasteiger charge is 2.32. The predicted octanol–water partition coefficient (Wildman–Crippen LogP) is 5.16. The summed E-state index contributed by atoms with van der Waals surface area (Å²) in [6, 6.07) is 8.99. The van der Waals surface area contributed by atoms with E-state index in [1.807, 2.05) is 20.8 Å². The van der Waals surface area contributed by atoms with Crippen molar-refractivity contribution >= 4 is 66.7 Å². The van der Waals surface area contributed by atoms with E-state index in [1.165, 1.54) is 4.90 Å². The minimum Gasteiger partial charge on any atom is -0.352 e. The van der Waals surface area contributed by atoms with Crippen molar-refractivity contribution < 1.29 is 18.0 Å². The van der Waals surface area contributed by atoms with Crippen LogP contribution in [0.15, 0.2) is 40.9 Å². The van der Waals surface area contributed by atoms with Crippen molar-refractivity contribution in [1.29, 1.82) is 0 Å². The molecule has 0 aliphatic heterocycles. The molecule has 0 aliphatic carbocycles. The second-order valence-electron chi connectivity index (χ2n) is 8.51. The van der Waals surface area contributed by atoms with Crippen LogP contribution in [0.4, 0.5) is 5.69 Å². The van der Waals surface area contributed by atoms with Gasteiger partial charge in [-0.1, -0.05) is 52.1 Å². The van der Waals surface area contributed by atoms with E-state index in [1.54, 1.807) is 43.3 Å². The lowest BCUT2D eigenvalue weighted by Crippen LogP contribution is -2.53. The van der Waals surface area contributed by atoms with Crippen LogP contribution in [-0.4, -0.2) is 50.0 Å². The van der Waals surface area contributed by atoms with E-state index < -0.39 is 28.5 Å². The van der Waals surface area contributed by atoms with Crippen LogP contribution in [0.1, 0.15) is 38.3 Å². The van der Waals surface area contributed by atoms with E-state index in [-0.39, 0.29) is 18.5 Å². The Morgan fingerprint density at radius 2 is 1.71 bits per heavy atom. The Balaban J connectivity index is 2.52. The van der Waals surface area contributed by atoms with E-state index in [4.69, 9.17) is 23.2 Å². The van der Waals surface area contributed by atoms with Crippen LogP contribution in [0.3, 0.4) is 0 Å². The monoisotopic (exact) mass is 605 g/mol. The molecule has 35 heavy (non-hydrogen) atoms. The van der Waals surface area contributed by atoms with Crippen LogP contribution in [0.2, 0.25) is 10.0 Å². The Bertz CT molecular complexity index is 1170. The zero-order chi connectivity index (χ0) is 26.5. The first-order chi connectivity index (χ1) is 16.3. The van der Waals surface area contributed by atoms with Crippen LogP contribution in [0.5, 0.6) is 0 Å². The van der Waals surface area contributed by atoms with Gasteiger partial charge < -0.3 is 10.2 Å². The number of hydrogen-bond donors (Lipinski definition) is 1. The standard InChI is InChI=1S/C24H30BrCl2N3O4S/c1-6-22(24(32)28-15(2)3)29(13-18-20(26)8-7-9-21(18)27)23(31)14-30(35(5,33)34)17-10-11-19(25)16(4)12-17/h7-12,15,22H,6,13-14H2,1-5H3,(H,28,32)/t22-/m1/s1. The van der Waals surface area contributed by atoms with Gasteiger partial charge in [0.05, 0.1) is 11.9 Å². The van der Waals surface area contributed by atoms with Gasteiger partial charge in [-0.15, -0.1) is 0 Å². The van der Waals surface area contributed by atoms with Crippen LogP contribution < -0.4 is 9.62 Å². The third-order valence-electron chi connectivity index (χ3n) is 5.32. The molecule has 0 bridgehead atoms. The third-order valence-corrected chi connectivity index (χ3v) is 8.05. The fourth-order valence-electron chi connectivity index (χ4n) is 3.55. The van der Waals surface area contributed by atoms with E-state index in [9.17, 15) is 18.0 Å². The van der Waals surface area contributed by atoms with Crippen LogP contribution in [0.25, 0.3) is 0 Å². The summed E-state index contributed by atoms with van der Waals surface area (Å²) >= 11 is 16.1. The number of aryl methyl sites for hydroxylation is 1. The van der Waals surface area contributed by atoms with Crippen LogP contribution in [-0.2, 0) is 26.2 Å². The minimum absolute atomic E-state index is 0.0572. The van der Waals surface area contributed by atoms with Gasteiger partial charge in [-0.05, 0) is 63.1 Å². The maximum atomic E-state index is 13.7. The Labute approximate surface area is 225 Å². The van der Waals surface area contributed by atoms with Gasteiger partial charge in [-0.2, -0.15) is 0 Å². The molecule has 2 aromatic rings. The third kappa shape index (κ3) is 7.84. The summed E-state index contributed by atoms with van der Waals surface area (Å²) in [6.07, 6.45) is 1.35. The van der Waals surface area contributed by atoms with E-state index in [0.717, 1.165) is 20.6 Å². The van der Waals surface area contributed by atoms with Crippen molar-refractivity contribution in [2.75, 3.05) is 17.1 Å². The molecule has 7 nitrogen and oxygen atoms in total. The number of rotatable bonds is 10. The number of amides is 2. The van der Waals surface area contributed by atoms with Gasteiger partial charge in [0, 0.05) is 32.7 Å². The molecule has 2 aromatic carbocycles. The Morgan fingerprint density at radius 3 is 2.20 bits per heavy atom. The summed E-state index contributed by atoms with van der Waals surface area (Å²) in [5.74, 6) is -0.901. The average Bonchev–Trinajstić information content (AvgIpc) is 2.74. The number of carbonyl (C=O) groups excluding carboxylic acids is 2. The molecule has 0 spiro atoms. The second kappa shape index (κ2) is 12.4. The van der Waals surface area contributed by atoms with E-state index >= 15 is 0 Å². The molecule has 192 valence electrons. The maximum absolute atomic E-state index is 13.7. The van der Waals surface area contributed by atoms with Crippen molar-refractivity contribution in [3.8, 4) is 0 Å². The van der Waals surface area contributed by atoms with E-state index in [2.05, 4.69) is 21.2 Å². The summed E-state index contributed by atoms with van der Waals surface area (Å²) in [5.41, 5.74) is 1.63. The number of carbonyl (C=O) groups is 2. The first kappa shape index (κ1) is 29.4. The highest BCUT2D eigenvalue weighted by molar-refractivity contribution is 9.10. The average molecular weight is 607 g/mol. The van der Waals surface area contributed by atoms with Gasteiger partial charge in [0.15, 0.2) is 0 Å². The molecule has 0 fully saturated rings. The topological polar surface area (TPSA) is 86.8 Å². The summed E-state index contributed by atoms with van der Waals surface area (Å²) in [6.45, 7) is 6.70. The van der Waals surface area contributed by atoms with Gasteiger partial charge in [-0.25, -0.2) is 8.42 Å². The van der Waals surface area contributed by atoms with Crippen molar-refractivity contribution in [3.05, 3.63) is 62.0 Å². The van der Waals surface area contributed by atoms with E-state index in [0.29, 0.717) is 27.7 Å². The number of nitrogens with one attached hydrogen (secondary N) is 1. The van der Waals surface area contributed by atoms with Crippen molar-refractivity contribution in [3.63, 3.8) is 0 Å². The van der Waals surface area contributed by atoms with Crippen molar-refractivity contribution in [1.82, 2.24) is 10.2 Å². The van der Waals surface area contributed by atoms with Gasteiger partial charge in [0.1, 0.15) is 12.6 Å². The molecule has 0 heterocycles. The molecule has 2 rings (SSSR count). The molecule has 0 radical (unpaired) electrons. The number of nitrogens with zero attached hydrogens (tertiary/aromatic N) is 2. The smallest absolute Gasteiger partial charge is 0.244 e. The molecular formula is C24H30BrCl2N3O4S. The molecule has 1 atom stereocenters. The fraction of sp³-hybridized carbons (Fsp3) is 0.417. The van der Waals surface area contributed by atoms with Gasteiger partial charge in [0.2, 0.25) is 21.8 Å². The number of hydrogen-bond acceptors (Lipinski definition) is 4. The summed E-state index contributed by atoms with van der Waals surface area (Å²) in [4.78, 5) is 28.0. The van der Waals surface area contributed by atoms with Crippen molar-refractivity contribution in [2.45, 2.75) is 52.7 Å². The Kier molecular flexibility index (Phi) is 10.4. The molecule has 0 aromatic heterocycles. The van der Waals surface area contributed by atoms with Crippen LogP contribution >= 0.6 is 39.1 Å². The summed E-state index contributed by atoms with van der Waals surface area (Å²) in [5, 5.41) is 3.53. The number of benzene rings is 2. The molecule has 0 saturated heterocycles. The Hall–Kier alpha value is -1.81. The highest BCUT2D eigenvalue weighted by atomic mass is 79.9. The number of halogens is 3. The minimum atomic E-state index is -3.82. The fourth-order valence-corrected chi connectivity index (χ4v) is 5.16. The first-order valence-corrected chi connectivity index (χ1v) is 14.4. The lowest BCUT2D eigenvalue weighted by Gasteiger charge is -2.33. The van der Waals surface area contributed by atoms with Gasteiger partial charge in [-0.3, -0.25) is 13.9 Å². The van der Waals surface area contributed by atoms with Crippen molar-refractivity contribution in [2.24, 2.45) is 0 Å². The van der Waals surface area contributed by atoms with Crippen LogP contribution in [0, 0.1) is 6.92 Å². The largest absolute Gasteiger partial charge is 0.352 e. The summed E-state index contributed by atoms with van der Waals surface area (Å²) in [7, 11) is -3.82. The van der Waals surface area contributed by atoms with Gasteiger partial charge >= 0.3 is 0 Å². The van der Waals surface area contributed by atoms with Gasteiger partial charge in [0.25, 0.3) is 0 Å². The quantitative estimate of drug-likeness (QED) is 0.405. The maximum Gasteiger partial charge on any atom is 0.244 e. The lowest BCUT2D eigenvalue weighted by molar-refractivity contribution is -0.140. The summed E-state index contributed by atoms with van der Waals surface area (Å²) < 4.78 is 27.2. The molecule has 0 unspecified atom stereocenters. The molecule has 0 aliphatic rings. The highest BCUT2D eigenvalue weighted by Crippen LogP contribution is 2.28.